The number of rotatable bonds is 4. The van der Waals surface area contributed by atoms with Crippen molar-refractivity contribution in [2.75, 3.05) is 0 Å². The molecule has 0 saturated carbocycles. The van der Waals surface area contributed by atoms with Crippen molar-refractivity contribution in [1.29, 1.82) is 0 Å². The summed E-state index contributed by atoms with van der Waals surface area (Å²) in [4.78, 5) is 41.0. The van der Waals surface area contributed by atoms with Gasteiger partial charge in [0, 0.05) is 12.6 Å². The molecule has 3 aromatic heterocycles. The number of primary amides is 1. The van der Waals surface area contributed by atoms with Gasteiger partial charge in [0.1, 0.15) is 6.54 Å². The molecule has 0 bridgehead atoms. The fourth-order valence-electron chi connectivity index (χ4n) is 3.30. The summed E-state index contributed by atoms with van der Waals surface area (Å²) in [7, 11) is 1.48. The molecule has 0 fully saturated rings. The third-order valence-corrected chi connectivity index (χ3v) is 4.52. The SMILES string of the molecule is CCc1c(-c2ccccc2)oc2nc3c(c(=O)n(CC(N)=O)c(=O)n3C)n12. The number of nitrogens with two attached hydrogens (primary N) is 1. The maximum absolute atomic E-state index is 13.0. The molecule has 1 amide bonds. The van der Waals surface area contributed by atoms with Gasteiger partial charge in [-0.2, -0.15) is 4.98 Å². The third-order valence-electron chi connectivity index (χ3n) is 4.52. The average molecular weight is 367 g/mol. The van der Waals surface area contributed by atoms with Crippen molar-refractivity contribution >= 4 is 22.9 Å². The first-order valence-corrected chi connectivity index (χ1v) is 8.41. The lowest BCUT2D eigenvalue weighted by molar-refractivity contribution is -0.118. The molecule has 3 heterocycles. The summed E-state index contributed by atoms with van der Waals surface area (Å²) in [6.45, 7) is 1.44. The van der Waals surface area contributed by atoms with Crippen molar-refractivity contribution in [2.24, 2.45) is 12.8 Å². The number of imidazole rings is 1. The van der Waals surface area contributed by atoms with Crippen LogP contribution in [0.4, 0.5) is 0 Å². The van der Waals surface area contributed by atoms with Crippen LogP contribution in [-0.4, -0.2) is 24.4 Å². The lowest BCUT2D eigenvalue weighted by Crippen LogP contribution is -2.42. The van der Waals surface area contributed by atoms with E-state index in [-0.39, 0.29) is 17.0 Å². The molecule has 27 heavy (non-hydrogen) atoms. The van der Waals surface area contributed by atoms with Crippen LogP contribution in [-0.2, 0) is 24.8 Å². The Hall–Kier alpha value is -3.62. The van der Waals surface area contributed by atoms with E-state index in [2.05, 4.69) is 4.98 Å². The standard InChI is InChI=1S/C18H17N5O4/c1-3-11-14(10-7-5-4-6-8-10)27-17-20-15-13(23(11)17)16(25)22(9-12(19)24)18(26)21(15)2/h4-8H,3,9H2,1-2H3,(H2,19,24). The molecule has 4 rings (SSSR count). The van der Waals surface area contributed by atoms with Crippen LogP contribution in [0.3, 0.4) is 0 Å². The van der Waals surface area contributed by atoms with Crippen molar-refractivity contribution in [3.8, 4) is 11.3 Å². The van der Waals surface area contributed by atoms with E-state index in [0.717, 1.165) is 15.8 Å². The van der Waals surface area contributed by atoms with Gasteiger partial charge < -0.3 is 10.2 Å². The maximum atomic E-state index is 13.0. The zero-order chi connectivity index (χ0) is 19.3. The molecule has 0 aliphatic carbocycles. The highest BCUT2D eigenvalue weighted by Crippen LogP contribution is 2.29. The fraction of sp³-hybridized carbons (Fsp3) is 0.222. The number of carbonyl (C=O) groups is 1. The normalized spacial score (nSPS) is 11.5. The zero-order valence-corrected chi connectivity index (χ0v) is 14.8. The number of oxazole rings is 1. The monoisotopic (exact) mass is 367 g/mol. The van der Waals surface area contributed by atoms with Crippen LogP contribution in [0.5, 0.6) is 0 Å². The summed E-state index contributed by atoms with van der Waals surface area (Å²) >= 11 is 0. The predicted octanol–water partition coefficient (Wildman–Crippen LogP) is 0.656. The predicted molar refractivity (Wildman–Crippen MR) is 98.5 cm³/mol. The Bertz CT molecular complexity index is 1310. The average Bonchev–Trinajstić information content (AvgIpc) is 3.20. The maximum Gasteiger partial charge on any atom is 0.332 e. The summed E-state index contributed by atoms with van der Waals surface area (Å²) in [5.41, 5.74) is 5.88. The third kappa shape index (κ3) is 2.39. The summed E-state index contributed by atoms with van der Waals surface area (Å²) in [6.07, 6.45) is 0.570. The van der Waals surface area contributed by atoms with Crippen LogP contribution in [0.1, 0.15) is 12.6 Å². The Balaban J connectivity index is 2.15. The minimum atomic E-state index is -0.776. The smallest absolute Gasteiger partial charge is 0.332 e. The van der Waals surface area contributed by atoms with Crippen molar-refractivity contribution < 1.29 is 9.21 Å². The molecule has 0 aliphatic rings. The van der Waals surface area contributed by atoms with Crippen LogP contribution in [0, 0.1) is 0 Å². The molecule has 0 aliphatic heterocycles. The van der Waals surface area contributed by atoms with Crippen LogP contribution >= 0.6 is 0 Å². The second-order valence-electron chi connectivity index (χ2n) is 6.20. The summed E-state index contributed by atoms with van der Waals surface area (Å²) in [6, 6.07) is 9.49. The van der Waals surface area contributed by atoms with Crippen molar-refractivity contribution in [3.05, 3.63) is 56.9 Å². The highest BCUT2D eigenvalue weighted by Gasteiger charge is 2.24. The lowest BCUT2D eigenvalue weighted by atomic mass is 10.1. The summed E-state index contributed by atoms with van der Waals surface area (Å²) in [5.74, 6) is 0.0454. The molecule has 0 spiro atoms. The second kappa shape index (κ2) is 5.97. The number of benzene rings is 1. The van der Waals surface area contributed by atoms with E-state index >= 15 is 0 Å². The Kier molecular flexibility index (Phi) is 3.72. The van der Waals surface area contributed by atoms with E-state index in [1.165, 1.54) is 11.6 Å². The number of hydrogen-bond acceptors (Lipinski definition) is 5. The van der Waals surface area contributed by atoms with E-state index in [4.69, 9.17) is 10.2 Å². The molecule has 138 valence electrons. The molecule has 0 unspecified atom stereocenters. The topological polar surface area (TPSA) is 118 Å². The molecular weight excluding hydrogens is 350 g/mol. The Morgan fingerprint density at radius 1 is 1.22 bits per heavy atom. The van der Waals surface area contributed by atoms with Gasteiger partial charge in [-0.3, -0.25) is 18.6 Å². The Labute approximate surface area is 152 Å². The van der Waals surface area contributed by atoms with Gasteiger partial charge in [-0.15, -0.1) is 0 Å². The molecule has 9 nitrogen and oxygen atoms in total. The van der Waals surface area contributed by atoms with Gasteiger partial charge in [0.25, 0.3) is 5.56 Å². The number of fused-ring (bicyclic) bond motifs is 3. The van der Waals surface area contributed by atoms with Crippen molar-refractivity contribution in [1.82, 2.24) is 18.5 Å². The Morgan fingerprint density at radius 2 is 1.93 bits per heavy atom. The number of nitrogens with zero attached hydrogens (tertiary/aromatic N) is 4. The fourth-order valence-corrected chi connectivity index (χ4v) is 3.30. The molecule has 4 aromatic rings. The minimum Gasteiger partial charge on any atom is -0.423 e. The molecule has 2 N–H and O–H groups in total. The number of carbonyl (C=O) groups excluding carboxylic acids is 1. The van der Waals surface area contributed by atoms with Gasteiger partial charge in [-0.05, 0) is 6.42 Å². The molecule has 0 atom stereocenters. The number of hydrogen-bond donors (Lipinski definition) is 1. The first-order chi connectivity index (χ1) is 12.9. The van der Waals surface area contributed by atoms with Crippen LogP contribution in [0.2, 0.25) is 0 Å². The minimum absolute atomic E-state index is 0.177. The van der Waals surface area contributed by atoms with E-state index in [1.807, 2.05) is 37.3 Å². The van der Waals surface area contributed by atoms with Crippen molar-refractivity contribution in [3.63, 3.8) is 0 Å². The Morgan fingerprint density at radius 3 is 2.56 bits per heavy atom. The molecule has 9 heteroatoms. The lowest BCUT2D eigenvalue weighted by Gasteiger charge is -2.07. The molecule has 1 aromatic carbocycles. The van der Waals surface area contributed by atoms with E-state index < -0.39 is 23.7 Å². The number of aryl methyl sites for hydroxylation is 2. The first kappa shape index (κ1) is 16.8. The van der Waals surface area contributed by atoms with Crippen LogP contribution < -0.4 is 17.0 Å². The van der Waals surface area contributed by atoms with E-state index in [0.29, 0.717) is 12.2 Å². The largest absolute Gasteiger partial charge is 0.423 e. The van der Waals surface area contributed by atoms with Crippen LogP contribution in [0.15, 0.2) is 44.3 Å². The highest BCUT2D eigenvalue weighted by atomic mass is 16.4. The van der Waals surface area contributed by atoms with Crippen molar-refractivity contribution in [2.45, 2.75) is 19.9 Å². The van der Waals surface area contributed by atoms with Gasteiger partial charge >= 0.3 is 11.5 Å². The van der Waals surface area contributed by atoms with E-state index in [1.54, 1.807) is 4.40 Å². The number of amides is 1. The van der Waals surface area contributed by atoms with Gasteiger partial charge in [0.15, 0.2) is 16.9 Å². The van der Waals surface area contributed by atoms with Gasteiger partial charge in [-0.25, -0.2) is 9.36 Å². The quantitative estimate of drug-likeness (QED) is 0.568. The second-order valence-corrected chi connectivity index (χ2v) is 6.20. The van der Waals surface area contributed by atoms with E-state index in [9.17, 15) is 14.4 Å². The summed E-state index contributed by atoms with van der Waals surface area (Å²) < 4.78 is 9.56. The zero-order valence-electron chi connectivity index (χ0n) is 14.8. The first-order valence-electron chi connectivity index (χ1n) is 8.41. The van der Waals surface area contributed by atoms with Gasteiger partial charge in [0.05, 0.1) is 5.69 Å². The molecular formula is C18H17N5O4. The molecule has 0 radical (unpaired) electrons. The molecule has 0 saturated heterocycles. The summed E-state index contributed by atoms with van der Waals surface area (Å²) in [5, 5.41) is 0. The van der Waals surface area contributed by atoms with Gasteiger partial charge in [-0.1, -0.05) is 37.3 Å². The number of aromatic nitrogens is 4. The van der Waals surface area contributed by atoms with Crippen LogP contribution in [0.25, 0.3) is 28.3 Å². The highest BCUT2D eigenvalue weighted by molar-refractivity contribution is 5.78. The van der Waals surface area contributed by atoms with Gasteiger partial charge in [0.2, 0.25) is 5.91 Å².